The molecule has 306 valence electrons. The molecular weight excluding hydrogens is 774 g/mol. The first-order chi connectivity index (χ1) is 28.4. The maximum Gasteiger partial charge on any atom is 0.305 e. The van der Waals surface area contributed by atoms with Crippen molar-refractivity contribution in [2.24, 2.45) is 5.92 Å². The van der Waals surface area contributed by atoms with E-state index in [1.54, 1.807) is 18.2 Å². The Labute approximate surface area is 346 Å². The number of nitrogens with zero attached hydrogens (tertiary/aromatic N) is 2. The Bertz CT molecular complexity index is 2330. The molecule has 0 saturated heterocycles. The van der Waals surface area contributed by atoms with E-state index in [0.717, 1.165) is 29.5 Å². The van der Waals surface area contributed by atoms with Gasteiger partial charge in [-0.3, -0.25) is 33.7 Å². The minimum Gasteiger partial charge on any atom is -0.481 e. The van der Waals surface area contributed by atoms with Crippen LogP contribution in [0.4, 0.5) is 0 Å². The van der Waals surface area contributed by atoms with Crippen molar-refractivity contribution in [1.29, 1.82) is 0 Å². The minimum atomic E-state index is -1.62. The highest BCUT2D eigenvalue weighted by atomic mass is 35.5. The molecule has 0 aliphatic heterocycles. The number of fused-ring (bicyclic) bond motifs is 1. The number of halogens is 1. The van der Waals surface area contributed by atoms with Crippen LogP contribution in [0.3, 0.4) is 0 Å². The average Bonchev–Trinajstić information content (AvgIpc) is 4.17. The molecule has 2 atom stereocenters. The topological polar surface area (TPSA) is 188 Å². The van der Waals surface area contributed by atoms with Gasteiger partial charge in [0.15, 0.2) is 5.58 Å². The highest BCUT2D eigenvalue weighted by Crippen LogP contribution is 2.43. The summed E-state index contributed by atoms with van der Waals surface area (Å²) in [4.78, 5) is 86.8. The van der Waals surface area contributed by atoms with Gasteiger partial charge in [0.1, 0.15) is 23.6 Å². The number of allylic oxidation sites excluding steroid dienone is 3. The number of hydrogen-bond acceptors (Lipinski definition) is 8. The van der Waals surface area contributed by atoms with E-state index in [0.29, 0.717) is 49.2 Å². The Balaban J connectivity index is 1.14. The number of oxazole rings is 1. The van der Waals surface area contributed by atoms with E-state index in [-0.39, 0.29) is 46.9 Å². The lowest BCUT2D eigenvalue weighted by Gasteiger charge is -2.33. The number of carboxylic acid groups (broad SMARTS) is 1. The van der Waals surface area contributed by atoms with Gasteiger partial charge in [-0.05, 0) is 85.8 Å². The molecule has 13 nitrogen and oxygen atoms in total. The average molecular weight is 820 g/mol. The van der Waals surface area contributed by atoms with Gasteiger partial charge in [-0.1, -0.05) is 85.3 Å². The van der Waals surface area contributed by atoms with Gasteiger partial charge in [-0.15, -0.1) is 0 Å². The number of ketones is 1. The third kappa shape index (κ3) is 10.1. The molecule has 1 heterocycles. The van der Waals surface area contributed by atoms with Gasteiger partial charge in [-0.2, -0.15) is 0 Å². The number of rotatable bonds is 18. The van der Waals surface area contributed by atoms with Crippen LogP contribution in [0.2, 0.25) is 5.02 Å². The maximum absolute atomic E-state index is 14.7. The quantitative estimate of drug-likeness (QED) is 0.0852. The third-order valence-electron chi connectivity index (χ3n) is 10.9. The van der Waals surface area contributed by atoms with Gasteiger partial charge in [0, 0.05) is 24.5 Å². The molecule has 0 bridgehead atoms. The SMILES string of the molecule is CC1CC=CC(N(CC(=O)N[C@@H](CC(=O)O)C(=O)c2nc3cc(C4CC4)cc(Cl)c3o2)C(=O)C2(NC(=O)CCc3ccccc3)CC2)=C1NC(=O)CCc1ccccc1. The number of aromatic nitrogens is 1. The van der Waals surface area contributed by atoms with Crippen molar-refractivity contribution >= 4 is 58.1 Å². The molecule has 2 saturated carbocycles. The highest BCUT2D eigenvalue weighted by molar-refractivity contribution is 6.34. The molecule has 7 rings (SSSR count). The highest BCUT2D eigenvalue weighted by Gasteiger charge is 2.54. The Morgan fingerprint density at radius 1 is 0.915 bits per heavy atom. The first kappa shape index (κ1) is 41.1. The molecule has 59 heavy (non-hydrogen) atoms. The summed E-state index contributed by atoms with van der Waals surface area (Å²) in [7, 11) is 0. The van der Waals surface area contributed by atoms with Crippen LogP contribution in [0.5, 0.6) is 0 Å². The zero-order valence-electron chi connectivity index (χ0n) is 32.7. The van der Waals surface area contributed by atoms with Crippen molar-refractivity contribution in [1.82, 2.24) is 25.8 Å². The zero-order chi connectivity index (χ0) is 41.7. The lowest BCUT2D eigenvalue weighted by molar-refractivity contribution is -0.139. The van der Waals surface area contributed by atoms with Crippen LogP contribution in [-0.4, -0.2) is 68.5 Å². The molecular formula is C45H46ClN5O8. The summed E-state index contributed by atoms with van der Waals surface area (Å²) in [5, 5.41) is 18.5. The Morgan fingerprint density at radius 3 is 2.17 bits per heavy atom. The summed E-state index contributed by atoms with van der Waals surface area (Å²) < 4.78 is 5.72. The maximum atomic E-state index is 14.7. The van der Waals surface area contributed by atoms with Crippen LogP contribution in [-0.2, 0) is 36.8 Å². The number of Topliss-reactive ketones (excluding diaryl/α,β-unsaturated/α-hetero) is 1. The third-order valence-corrected chi connectivity index (χ3v) is 11.2. The molecule has 14 heteroatoms. The van der Waals surface area contributed by atoms with Gasteiger partial charge < -0.3 is 25.5 Å². The van der Waals surface area contributed by atoms with Crippen molar-refractivity contribution in [3.63, 3.8) is 0 Å². The number of carboxylic acids is 1. The molecule has 0 spiro atoms. The van der Waals surface area contributed by atoms with Gasteiger partial charge in [-0.25, -0.2) is 4.98 Å². The number of aliphatic carboxylic acids is 1. The van der Waals surface area contributed by atoms with Gasteiger partial charge >= 0.3 is 5.97 Å². The van der Waals surface area contributed by atoms with Gasteiger partial charge in [0.25, 0.3) is 11.8 Å². The molecule has 3 aliphatic rings. The van der Waals surface area contributed by atoms with Crippen LogP contribution in [0.25, 0.3) is 11.1 Å². The Hall–Kier alpha value is -6.08. The van der Waals surface area contributed by atoms with Gasteiger partial charge in [0.2, 0.25) is 23.5 Å². The molecule has 4 amide bonds. The molecule has 2 fully saturated rings. The summed E-state index contributed by atoms with van der Waals surface area (Å²) >= 11 is 6.47. The van der Waals surface area contributed by atoms with Crippen LogP contribution in [0, 0.1) is 5.92 Å². The second-order valence-corrected chi connectivity index (χ2v) is 16.0. The van der Waals surface area contributed by atoms with E-state index in [1.807, 2.05) is 73.7 Å². The number of carbonyl (C=O) groups excluding carboxylic acids is 5. The molecule has 1 aromatic heterocycles. The fourth-order valence-corrected chi connectivity index (χ4v) is 7.60. The molecule has 1 unspecified atom stereocenters. The van der Waals surface area contributed by atoms with E-state index >= 15 is 0 Å². The van der Waals surface area contributed by atoms with E-state index in [2.05, 4.69) is 20.9 Å². The van der Waals surface area contributed by atoms with Crippen molar-refractivity contribution < 1.29 is 38.3 Å². The molecule has 4 aromatic rings. The number of carbonyl (C=O) groups is 6. The largest absolute Gasteiger partial charge is 0.481 e. The standard InChI is InChI=1S/C45H46ClN5O8/c1-27-9-8-14-35(40(27)49-36(52)19-15-28-10-4-2-5-11-28)51(44(58)45(21-22-45)50-37(53)20-16-29-12-6-3-7-13-29)26-38(54)47-33(25-39(55)56)41(57)43-48-34-24-31(30-17-18-30)23-32(46)42(34)59-43/h2-8,10-14,23-24,27,30,33H,9,15-22,25-26H2,1H3,(H,47,54)(H,49,52)(H,50,53)(H,55,56)/t27?,33-/m0/s1. The molecule has 0 radical (unpaired) electrons. The van der Waals surface area contributed by atoms with Crippen LogP contribution in [0.15, 0.2) is 101 Å². The molecule has 3 aromatic carbocycles. The second-order valence-electron chi connectivity index (χ2n) is 15.6. The molecule has 3 aliphatic carbocycles. The smallest absolute Gasteiger partial charge is 0.305 e. The number of amides is 4. The van der Waals surface area contributed by atoms with E-state index in [9.17, 15) is 33.9 Å². The van der Waals surface area contributed by atoms with E-state index in [4.69, 9.17) is 16.0 Å². The Kier molecular flexibility index (Phi) is 12.4. The monoisotopic (exact) mass is 819 g/mol. The second kappa shape index (κ2) is 17.8. The fourth-order valence-electron chi connectivity index (χ4n) is 7.34. The number of benzene rings is 3. The number of hydrogen-bond donors (Lipinski definition) is 4. The summed E-state index contributed by atoms with van der Waals surface area (Å²) in [5.74, 6) is -4.66. The van der Waals surface area contributed by atoms with Crippen molar-refractivity contribution in [2.45, 2.75) is 88.6 Å². The zero-order valence-corrected chi connectivity index (χ0v) is 33.4. The summed E-state index contributed by atoms with van der Waals surface area (Å²) in [6.45, 7) is 1.23. The number of nitrogens with one attached hydrogen (secondary N) is 3. The van der Waals surface area contributed by atoms with Gasteiger partial charge in [0.05, 0.1) is 17.1 Å². The predicted molar refractivity (Wildman–Crippen MR) is 219 cm³/mol. The van der Waals surface area contributed by atoms with Crippen molar-refractivity contribution in [3.8, 4) is 0 Å². The summed E-state index contributed by atoms with van der Waals surface area (Å²) in [6, 6.07) is 20.9. The van der Waals surface area contributed by atoms with E-state index in [1.165, 1.54) is 4.90 Å². The lowest BCUT2D eigenvalue weighted by atomic mass is 9.95. The van der Waals surface area contributed by atoms with Crippen molar-refractivity contribution in [2.75, 3.05) is 6.54 Å². The summed E-state index contributed by atoms with van der Waals surface area (Å²) in [6.07, 6.45) is 7.10. The predicted octanol–water partition coefficient (Wildman–Crippen LogP) is 6.17. The Morgan fingerprint density at radius 2 is 1.56 bits per heavy atom. The minimum absolute atomic E-state index is 0.129. The molecule has 4 N–H and O–H groups in total. The fraction of sp³-hybridized carbons (Fsp3) is 0.356. The first-order valence-electron chi connectivity index (χ1n) is 20.0. The van der Waals surface area contributed by atoms with E-state index < -0.39 is 54.0 Å². The number of aryl methyl sites for hydroxylation is 2. The van der Waals surface area contributed by atoms with Crippen molar-refractivity contribution in [3.05, 3.63) is 124 Å². The summed E-state index contributed by atoms with van der Waals surface area (Å²) in [5.41, 5.74) is 2.77. The van der Waals surface area contributed by atoms with Crippen LogP contribution < -0.4 is 16.0 Å². The van der Waals surface area contributed by atoms with Crippen LogP contribution in [0.1, 0.15) is 91.6 Å². The normalized spacial score (nSPS) is 17.2. The van der Waals surface area contributed by atoms with Crippen LogP contribution >= 0.6 is 11.6 Å². The lowest BCUT2D eigenvalue weighted by Crippen LogP contribution is -2.54. The first-order valence-corrected chi connectivity index (χ1v) is 20.3.